The molecular formula is C11H18F3NO. The summed E-state index contributed by atoms with van der Waals surface area (Å²) < 4.78 is 35.5. The number of hydrogen-bond acceptors (Lipinski definition) is 2. The molecule has 5 heteroatoms. The standard InChI is InChI=1S/C11H18F3NO/c12-11(13,14)5-1-2-10(16)8-9-3-6-15-7-4-9/h9,15H,1-8H2. The van der Waals surface area contributed by atoms with Crippen LogP contribution in [0.2, 0.25) is 0 Å². The van der Waals surface area contributed by atoms with Crippen LogP contribution in [-0.2, 0) is 4.79 Å². The maximum Gasteiger partial charge on any atom is 0.389 e. The lowest BCUT2D eigenvalue weighted by Gasteiger charge is -2.21. The van der Waals surface area contributed by atoms with E-state index in [4.69, 9.17) is 0 Å². The molecule has 0 atom stereocenters. The molecule has 0 unspecified atom stereocenters. The Bertz CT molecular complexity index is 222. The number of carbonyl (C=O) groups excluding carboxylic acids is 1. The number of ketones is 1. The third-order valence-corrected chi connectivity index (χ3v) is 2.89. The SMILES string of the molecule is O=C(CCCC(F)(F)F)CC1CCNCC1. The number of halogens is 3. The highest BCUT2D eigenvalue weighted by atomic mass is 19.4. The number of carbonyl (C=O) groups is 1. The molecule has 0 aromatic heterocycles. The van der Waals surface area contributed by atoms with E-state index in [1.165, 1.54) is 0 Å². The Hall–Kier alpha value is -0.580. The molecular weight excluding hydrogens is 219 g/mol. The maximum atomic E-state index is 11.8. The van der Waals surface area contributed by atoms with Crippen LogP contribution in [0.25, 0.3) is 0 Å². The quantitative estimate of drug-likeness (QED) is 0.796. The van der Waals surface area contributed by atoms with Crippen molar-refractivity contribution in [1.82, 2.24) is 5.32 Å². The molecule has 0 aromatic carbocycles. The normalized spacial score (nSPS) is 18.7. The van der Waals surface area contributed by atoms with E-state index in [0.29, 0.717) is 12.3 Å². The van der Waals surface area contributed by atoms with Crippen molar-refractivity contribution < 1.29 is 18.0 Å². The van der Waals surface area contributed by atoms with Crippen molar-refractivity contribution in [3.63, 3.8) is 0 Å². The Morgan fingerprint density at radius 3 is 2.44 bits per heavy atom. The largest absolute Gasteiger partial charge is 0.389 e. The number of Topliss-reactive ketones (excluding diaryl/α,β-unsaturated/α-hetero) is 1. The van der Waals surface area contributed by atoms with Crippen LogP contribution in [0.3, 0.4) is 0 Å². The molecule has 0 aliphatic carbocycles. The van der Waals surface area contributed by atoms with Crippen LogP contribution in [0.15, 0.2) is 0 Å². The first-order valence-electron chi connectivity index (χ1n) is 5.76. The number of piperidine rings is 1. The topological polar surface area (TPSA) is 29.1 Å². The molecule has 0 saturated carbocycles. The van der Waals surface area contributed by atoms with Gasteiger partial charge in [0, 0.05) is 19.3 Å². The van der Waals surface area contributed by atoms with Crippen molar-refractivity contribution in [1.29, 1.82) is 0 Å². The number of rotatable bonds is 5. The van der Waals surface area contributed by atoms with Crippen molar-refractivity contribution in [2.45, 2.75) is 44.7 Å². The number of hydrogen-bond donors (Lipinski definition) is 1. The van der Waals surface area contributed by atoms with Crippen LogP contribution in [0.5, 0.6) is 0 Å². The summed E-state index contributed by atoms with van der Waals surface area (Å²) >= 11 is 0. The van der Waals surface area contributed by atoms with Crippen molar-refractivity contribution >= 4 is 5.78 Å². The Balaban J connectivity index is 2.10. The van der Waals surface area contributed by atoms with Crippen LogP contribution in [-0.4, -0.2) is 25.0 Å². The summed E-state index contributed by atoms with van der Waals surface area (Å²) in [4.78, 5) is 11.4. The second-order valence-electron chi connectivity index (χ2n) is 4.40. The van der Waals surface area contributed by atoms with E-state index in [-0.39, 0.29) is 18.6 Å². The van der Waals surface area contributed by atoms with Crippen molar-refractivity contribution in [3.8, 4) is 0 Å². The lowest BCUT2D eigenvalue weighted by molar-refractivity contribution is -0.137. The van der Waals surface area contributed by atoms with Gasteiger partial charge in [-0.3, -0.25) is 4.79 Å². The minimum Gasteiger partial charge on any atom is -0.317 e. The Kier molecular flexibility index (Phi) is 5.25. The number of alkyl halides is 3. The third-order valence-electron chi connectivity index (χ3n) is 2.89. The van der Waals surface area contributed by atoms with Gasteiger partial charge >= 0.3 is 6.18 Å². The van der Waals surface area contributed by atoms with Gasteiger partial charge in [0.2, 0.25) is 0 Å². The van der Waals surface area contributed by atoms with E-state index in [9.17, 15) is 18.0 Å². The van der Waals surface area contributed by atoms with E-state index in [1.54, 1.807) is 0 Å². The van der Waals surface area contributed by atoms with Gasteiger partial charge in [0.15, 0.2) is 0 Å². The summed E-state index contributed by atoms with van der Waals surface area (Å²) in [6.45, 7) is 1.83. The Morgan fingerprint density at radius 1 is 1.25 bits per heavy atom. The monoisotopic (exact) mass is 237 g/mol. The molecule has 0 amide bonds. The van der Waals surface area contributed by atoms with Gasteiger partial charge in [-0.05, 0) is 38.3 Å². The summed E-state index contributed by atoms with van der Waals surface area (Å²) in [6.07, 6.45) is -2.58. The molecule has 0 aromatic rings. The van der Waals surface area contributed by atoms with Crippen LogP contribution in [0, 0.1) is 5.92 Å². The first-order valence-corrected chi connectivity index (χ1v) is 5.76. The molecule has 0 radical (unpaired) electrons. The summed E-state index contributed by atoms with van der Waals surface area (Å²) in [7, 11) is 0. The fourth-order valence-corrected chi connectivity index (χ4v) is 2.00. The zero-order chi connectivity index (χ0) is 12.0. The molecule has 0 spiro atoms. The first-order chi connectivity index (χ1) is 7.47. The first kappa shape index (κ1) is 13.5. The molecule has 1 fully saturated rings. The molecule has 1 aliphatic rings. The predicted molar refractivity (Wildman–Crippen MR) is 55.1 cm³/mol. The maximum absolute atomic E-state index is 11.8. The molecule has 94 valence electrons. The lowest BCUT2D eigenvalue weighted by atomic mass is 9.91. The van der Waals surface area contributed by atoms with E-state index in [2.05, 4.69) is 5.32 Å². The second-order valence-corrected chi connectivity index (χ2v) is 4.40. The van der Waals surface area contributed by atoms with E-state index in [1.807, 2.05) is 0 Å². The van der Waals surface area contributed by atoms with Crippen LogP contribution in [0.4, 0.5) is 13.2 Å². The van der Waals surface area contributed by atoms with Crippen molar-refractivity contribution in [2.75, 3.05) is 13.1 Å². The molecule has 1 heterocycles. The summed E-state index contributed by atoms with van der Waals surface area (Å²) in [5, 5.41) is 3.19. The minimum absolute atomic E-state index is 0.0175. The van der Waals surface area contributed by atoms with E-state index in [0.717, 1.165) is 25.9 Å². The van der Waals surface area contributed by atoms with Crippen LogP contribution >= 0.6 is 0 Å². The van der Waals surface area contributed by atoms with Crippen LogP contribution < -0.4 is 5.32 Å². The Labute approximate surface area is 93.6 Å². The van der Waals surface area contributed by atoms with E-state index < -0.39 is 12.6 Å². The molecule has 1 aliphatic heterocycles. The summed E-state index contributed by atoms with van der Waals surface area (Å²) in [5.41, 5.74) is 0. The third kappa shape index (κ3) is 6.10. The lowest BCUT2D eigenvalue weighted by Crippen LogP contribution is -2.28. The number of nitrogens with one attached hydrogen (secondary N) is 1. The minimum atomic E-state index is -4.13. The highest BCUT2D eigenvalue weighted by Crippen LogP contribution is 2.23. The average Bonchev–Trinajstić information content (AvgIpc) is 2.17. The smallest absolute Gasteiger partial charge is 0.317 e. The zero-order valence-corrected chi connectivity index (χ0v) is 9.28. The molecule has 0 bridgehead atoms. The van der Waals surface area contributed by atoms with Gasteiger partial charge in [0.25, 0.3) is 0 Å². The zero-order valence-electron chi connectivity index (χ0n) is 9.28. The predicted octanol–water partition coefficient (Wildman–Crippen LogP) is 2.68. The Morgan fingerprint density at radius 2 is 1.88 bits per heavy atom. The van der Waals surface area contributed by atoms with Crippen molar-refractivity contribution in [2.24, 2.45) is 5.92 Å². The summed E-state index contributed by atoms with van der Waals surface area (Å²) in [6, 6.07) is 0. The highest BCUT2D eigenvalue weighted by molar-refractivity contribution is 5.78. The molecule has 1 saturated heterocycles. The van der Waals surface area contributed by atoms with Gasteiger partial charge in [0.05, 0.1) is 0 Å². The van der Waals surface area contributed by atoms with Gasteiger partial charge in [-0.15, -0.1) is 0 Å². The fourth-order valence-electron chi connectivity index (χ4n) is 2.00. The van der Waals surface area contributed by atoms with Gasteiger partial charge in [-0.2, -0.15) is 13.2 Å². The fraction of sp³-hybridized carbons (Fsp3) is 0.909. The molecule has 2 nitrogen and oxygen atoms in total. The summed E-state index contributed by atoms with van der Waals surface area (Å²) in [5.74, 6) is 0.357. The highest BCUT2D eigenvalue weighted by Gasteiger charge is 2.26. The van der Waals surface area contributed by atoms with E-state index >= 15 is 0 Å². The average molecular weight is 237 g/mol. The van der Waals surface area contributed by atoms with Gasteiger partial charge in [0.1, 0.15) is 5.78 Å². The van der Waals surface area contributed by atoms with Gasteiger partial charge < -0.3 is 5.32 Å². The van der Waals surface area contributed by atoms with Crippen LogP contribution in [0.1, 0.15) is 38.5 Å². The van der Waals surface area contributed by atoms with Crippen molar-refractivity contribution in [3.05, 3.63) is 0 Å². The van der Waals surface area contributed by atoms with Gasteiger partial charge in [-0.1, -0.05) is 0 Å². The van der Waals surface area contributed by atoms with Gasteiger partial charge in [-0.25, -0.2) is 0 Å². The molecule has 1 N–H and O–H groups in total. The molecule has 1 rings (SSSR count). The molecule has 16 heavy (non-hydrogen) atoms. The second kappa shape index (κ2) is 6.23.